The Morgan fingerprint density at radius 3 is 3.07 bits per heavy atom. The first-order valence-electron chi connectivity index (χ1n) is 5.03. The van der Waals surface area contributed by atoms with Crippen molar-refractivity contribution in [3.63, 3.8) is 0 Å². The van der Waals surface area contributed by atoms with Crippen LogP contribution in [0, 0.1) is 0 Å². The van der Waals surface area contributed by atoms with Crippen LogP contribution in [0.5, 0.6) is 0 Å². The van der Waals surface area contributed by atoms with E-state index in [0.717, 1.165) is 25.2 Å². The van der Waals surface area contributed by atoms with Crippen molar-refractivity contribution in [2.75, 3.05) is 6.61 Å². The van der Waals surface area contributed by atoms with Gasteiger partial charge in [0.2, 0.25) is 5.89 Å². The van der Waals surface area contributed by atoms with Gasteiger partial charge in [0.05, 0.1) is 19.4 Å². The molecule has 1 aliphatic heterocycles. The third kappa shape index (κ3) is 1.55. The Kier molecular flexibility index (Phi) is 2.03. The van der Waals surface area contributed by atoms with E-state index in [1.807, 2.05) is 6.07 Å². The van der Waals surface area contributed by atoms with Crippen LogP contribution in [0.2, 0.25) is 0 Å². The van der Waals surface area contributed by atoms with Gasteiger partial charge in [-0.1, -0.05) is 6.07 Å². The van der Waals surface area contributed by atoms with Crippen LogP contribution < -0.4 is 0 Å². The number of ether oxygens (including phenoxy) is 1. The first-order chi connectivity index (χ1) is 7.43. The maximum atomic E-state index is 5.39. The first kappa shape index (κ1) is 8.68. The average Bonchev–Trinajstić information content (AvgIpc) is 2.82. The van der Waals surface area contributed by atoms with Crippen LogP contribution in [-0.2, 0) is 17.8 Å². The van der Waals surface area contributed by atoms with Crippen LogP contribution >= 0.6 is 0 Å². The molecular weight excluding hydrogens is 190 g/mol. The number of oxazole rings is 1. The van der Waals surface area contributed by atoms with Crippen molar-refractivity contribution >= 4 is 0 Å². The molecule has 0 radical (unpaired) electrons. The summed E-state index contributed by atoms with van der Waals surface area (Å²) in [7, 11) is 0. The zero-order chi connectivity index (χ0) is 10.1. The molecule has 0 unspecified atom stereocenters. The van der Waals surface area contributed by atoms with Gasteiger partial charge in [0.1, 0.15) is 6.26 Å². The highest BCUT2D eigenvalue weighted by Crippen LogP contribution is 2.24. The molecule has 0 fully saturated rings. The second-order valence-corrected chi connectivity index (χ2v) is 3.62. The van der Waals surface area contributed by atoms with E-state index in [1.54, 1.807) is 12.5 Å². The molecule has 0 saturated carbocycles. The second-order valence-electron chi connectivity index (χ2n) is 3.62. The van der Waals surface area contributed by atoms with Gasteiger partial charge in [-0.3, -0.25) is 0 Å². The Morgan fingerprint density at radius 2 is 2.20 bits per heavy atom. The van der Waals surface area contributed by atoms with Gasteiger partial charge in [0.25, 0.3) is 0 Å². The van der Waals surface area contributed by atoms with E-state index in [4.69, 9.17) is 9.15 Å². The van der Waals surface area contributed by atoms with Crippen LogP contribution in [0.4, 0.5) is 0 Å². The van der Waals surface area contributed by atoms with Crippen molar-refractivity contribution in [2.45, 2.75) is 13.0 Å². The molecule has 2 aromatic rings. The molecule has 0 aliphatic carbocycles. The number of hydrogen-bond donors (Lipinski definition) is 0. The lowest BCUT2D eigenvalue weighted by molar-refractivity contribution is 0.111. The molecule has 0 atom stereocenters. The van der Waals surface area contributed by atoms with E-state index in [9.17, 15) is 0 Å². The third-order valence-corrected chi connectivity index (χ3v) is 2.66. The Hall–Kier alpha value is -1.61. The minimum Gasteiger partial charge on any atom is -0.445 e. The second kappa shape index (κ2) is 3.51. The van der Waals surface area contributed by atoms with Crippen molar-refractivity contribution in [1.29, 1.82) is 0 Å². The largest absolute Gasteiger partial charge is 0.445 e. The summed E-state index contributed by atoms with van der Waals surface area (Å²) in [6.07, 6.45) is 4.24. The highest BCUT2D eigenvalue weighted by molar-refractivity contribution is 5.55. The minimum absolute atomic E-state index is 0.685. The molecule has 0 amide bonds. The summed E-state index contributed by atoms with van der Waals surface area (Å²) < 4.78 is 10.7. The molecule has 1 aromatic carbocycles. The van der Waals surface area contributed by atoms with Gasteiger partial charge in [0.15, 0.2) is 0 Å². The van der Waals surface area contributed by atoms with E-state index < -0.39 is 0 Å². The fourth-order valence-corrected chi connectivity index (χ4v) is 1.86. The average molecular weight is 201 g/mol. The van der Waals surface area contributed by atoms with E-state index >= 15 is 0 Å². The normalized spacial score (nSPS) is 14.9. The Bertz CT molecular complexity index is 462. The molecule has 0 bridgehead atoms. The third-order valence-electron chi connectivity index (χ3n) is 2.66. The summed E-state index contributed by atoms with van der Waals surface area (Å²) in [6, 6.07) is 6.26. The topological polar surface area (TPSA) is 35.3 Å². The van der Waals surface area contributed by atoms with Crippen molar-refractivity contribution < 1.29 is 9.15 Å². The molecule has 3 heteroatoms. The molecule has 2 heterocycles. The van der Waals surface area contributed by atoms with Gasteiger partial charge in [-0.15, -0.1) is 0 Å². The fraction of sp³-hybridized carbons (Fsp3) is 0.250. The van der Waals surface area contributed by atoms with Crippen LogP contribution in [-0.4, -0.2) is 11.6 Å². The lowest BCUT2D eigenvalue weighted by Crippen LogP contribution is -2.09. The quantitative estimate of drug-likeness (QED) is 0.710. The van der Waals surface area contributed by atoms with Crippen LogP contribution in [0.15, 0.2) is 35.1 Å². The number of hydrogen-bond acceptors (Lipinski definition) is 3. The van der Waals surface area contributed by atoms with E-state index in [0.29, 0.717) is 5.89 Å². The molecule has 0 saturated heterocycles. The summed E-state index contributed by atoms with van der Waals surface area (Å²) in [4.78, 5) is 4.14. The maximum absolute atomic E-state index is 5.39. The van der Waals surface area contributed by atoms with Gasteiger partial charge < -0.3 is 9.15 Å². The molecule has 1 aliphatic rings. The van der Waals surface area contributed by atoms with E-state index in [2.05, 4.69) is 17.1 Å². The highest BCUT2D eigenvalue weighted by atomic mass is 16.5. The highest BCUT2D eigenvalue weighted by Gasteiger charge is 2.11. The van der Waals surface area contributed by atoms with Crippen LogP contribution in [0.3, 0.4) is 0 Å². The van der Waals surface area contributed by atoms with Crippen molar-refractivity contribution in [3.05, 3.63) is 41.8 Å². The molecule has 15 heavy (non-hydrogen) atoms. The van der Waals surface area contributed by atoms with Gasteiger partial charge >= 0.3 is 0 Å². The van der Waals surface area contributed by atoms with Crippen LogP contribution in [0.1, 0.15) is 11.1 Å². The fourth-order valence-electron chi connectivity index (χ4n) is 1.86. The van der Waals surface area contributed by atoms with Gasteiger partial charge in [-0.2, -0.15) is 0 Å². The van der Waals surface area contributed by atoms with E-state index in [-0.39, 0.29) is 0 Å². The predicted molar refractivity (Wildman–Crippen MR) is 55.3 cm³/mol. The first-order valence-corrected chi connectivity index (χ1v) is 5.03. The molecule has 76 valence electrons. The van der Waals surface area contributed by atoms with Crippen molar-refractivity contribution in [2.24, 2.45) is 0 Å². The zero-order valence-corrected chi connectivity index (χ0v) is 8.27. The molecule has 1 aromatic heterocycles. The Morgan fingerprint density at radius 1 is 1.20 bits per heavy atom. The van der Waals surface area contributed by atoms with Crippen molar-refractivity contribution in [3.8, 4) is 11.5 Å². The minimum atomic E-state index is 0.685. The zero-order valence-electron chi connectivity index (χ0n) is 8.27. The van der Waals surface area contributed by atoms with Crippen molar-refractivity contribution in [1.82, 2.24) is 4.98 Å². The number of rotatable bonds is 1. The summed E-state index contributed by atoms with van der Waals surface area (Å²) in [5.41, 5.74) is 3.66. The Balaban J connectivity index is 2.04. The smallest absolute Gasteiger partial charge is 0.225 e. The standard InChI is InChI=1S/C12H11NO2/c1-2-11-8-14-5-3-9(11)7-10(1)12-13-4-6-15-12/h1-2,4,6-7H,3,5,8H2. The van der Waals surface area contributed by atoms with Gasteiger partial charge in [0, 0.05) is 5.56 Å². The van der Waals surface area contributed by atoms with E-state index in [1.165, 1.54) is 11.1 Å². The van der Waals surface area contributed by atoms with Gasteiger partial charge in [-0.05, 0) is 29.7 Å². The summed E-state index contributed by atoms with van der Waals surface area (Å²) in [5.74, 6) is 0.685. The number of aromatic nitrogens is 1. The Labute approximate surface area is 87.7 Å². The number of fused-ring (bicyclic) bond motifs is 1. The van der Waals surface area contributed by atoms with Crippen LogP contribution in [0.25, 0.3) is 11.5 Å². The maximum Gasteiger partial charge on any atom is 0.225 e. The van der Waals surface area contributed by atoms with Gasteiger partial charge in [-0.25, -0.2) is 4.98 Å². The number of nitrogens with zero attached hydrogens (tertiary/aromatic N) is 1. The lowest BCUT2D eigenvalue weighted by atomic mass is 10.0. The SMILES string of the molecule is c1coc(-c2ccc3c(c2)CCOC3)n1. The lowest BCUT2D eigenvalue weighted by Gasteiger charge is -2.16. The number of benzene rings is 1. The molecule has 0 spiro atoms. The summed E-state index contributed by atoms with van der Waals surface area (Å²) in [6.45, 7) is 1.53. The predicted octanol–water partition coefficient (Wildman–Crippen LogP) is 2.41. The monoisotopic (exact) mass is 201 g/mol. The molecule has 3 rings (SSSR count). The molecule has 3 nitrogen and oxygen atoms in total. The summed E-state index contributed by atoms with van der Waals surface area (Å²) >= 11 is 0. The summed E-state index contributed by atoms with van der Waals surface area (Å²) in [5, 5.41) is 0. The molecule has 0 N–H and O–H groups in total. The molecular formula is C12H11NO2.